The second-order valence-electron chi connectivity index (χ2n) is 7.96. The van der Waals surface area contributed by atoms with Crippen LogP contribution in [0.25, 0.3) is 28.2 Å². The van der Waals surface area contributed by atoms with E-state index in [2.05, 4.69) is 15.2 Å². The lowest BCUT2D eigenvalue weighted by molar-refractivity contribution is -0.115. The summed E-state index contributed by atoms with van der Waals surface area (Å²) in [5, 5.41) is 2.68. The molecule has 5 rings (SSSR count). The molecule has 2 saturated heterocycles. The molecular formula is C22H19ClN4O5S2. The number of sulfonamides is 1. The van der Waals surface area contributed by atoms with Crippen LogP contribution in [0.4, 0.5) is 4.79 Å². The van der Waals surface area contributed by atoms with E-state index in [4.69, 9.17) is 16.0 Å². The molecule has 9 nitrogen and oxygen atoms in total. The summed E-state index contributed by atoms with van der Waals surface area (Å²) in [5.41, 5.74) is 1.62. The number of thioether (sulfide) groups is 1. The summed E-state index contributed by atoms with van der Waals surface area (Å²) in [7, 11) is -1.70. The molecule has 0 saturated carbocycles. The van der Waals surface area contributed by atoms with Crippen molar-refractivity contribution in [2.75, 3.05) is 33.2 Å². The first-order chi connectivity index (χ1) is 16.2. The van der Waals surface area contributed by atoms with Gasteiger partial charge in [0.05, 0.1) is 9.80 Å². The van der Waals surface area contributed by atoms with E-state index >= 15 is 0 Å². The van der Waals surface area contributed by atoms with E-state index in [0.717, 1.165) is 11.8 Å². The van der Waals surface area contributed by atoms with E-state index in [0.29, 0.717) is 54.0 Å². The van der Waals surface area contributed by atoms with Gasteiger partial charge in [0.2, 0.25) is 10.0 Å². The lowest BCUT2D eigenvalue weighted by Gasteiger charge is -2.31. The van der Waals surface area contributed by atoms with Crippen molar-refractivity contribution in [3.8, 4) is 11.1 Å². The van der Waals surface area contributed by atoms with Gasteiger partial charge in [0.1, 0.15) is 11.3 Å². The number of amides is 2. The molecule has 34 heavy (non-hydrogen) atoms. The Hall–Kier alpha value is -2.70. The number of nitrogens with one attached hydrogen (secondary N) is 1. The molecule has 12 heteroatoms. The quantitative estimate of drug-likeness (QED) is 0.523. The monoisotopic (exact) mass is 518 g/mol. The maximum atomic E-state index is 13.1. The number of carbonyl (C=O) groups excluding carboxylic acids is 2. The van der Waals surface area contributed by atoms with E-state index in [1.807, 2.05) is 7.05 Å². The van der Waals surface area contributed by atoms with Crippen LogP contribution in [0.1, 0.15) is 5.76 Å². The maximum absolute atomic E-state index is 13.1. The van der Waals surface area contributed by atoms with E-state index in [-0.39, 0.29) is 14.8 Å². The number of pyridine rings is 1. The molecule has 2 fully saturated rings. The zero-order valence-corrected chi connectivity index (χ0v) is 20.3. The standard InChI is InChI=1S/C22H19ClN4O5S2/c1-26-4-6-27(7-5-26)34(30,31)15-2-3-16(18(23)10-15)17-12-24-11-13-8-14(32-20(13)17)9-19-21(28)25-22(29)33-19/h2-3,8-12H,4-7H2,1H3,(H,25,28,29)/b19-9-. The second kappa shape index (κ2) is 8.82. The van der Waals surface area contributed by atoms with E-state index < -0.39 is 21.2 Å². The number of rotatable bonds is 4. The van der Waals surface area contributed by atoms with Gasteiger partial charge >= 0.3 is 0 Å². The van der Waals surface area contributed by atoms with Crippen LogP contribution < -0.4 is 5.32 Å². The Morgan fingerprint density at radius 3 is 2.56 bits per heavy atom. The highest BCUT2D eigenvalue weighted by Gasteiger charge is 2.28. The van der Waals surface area contributed by atoms with E-state index in [9.17, 15) is 18.0 Å². The third-order valence-corrected chi connectivity index (χ3v) is 8.71. The molecule has 2 aromatic heterocycles. The van der Waals surface area contributed by atoms with Crippen LogP contribution in [0.2, 0.25) is 5.02 Å². The molecule has 0 unspecified atom stereocenters. The molecule has 2 aliphatic rings. The third-order valence-electron chi connectivity index (χ3n) is 5.69. The Balaban J connectivity index is 1.49. The largest absolute Gasteiger partial charge is 0.456 e. The van der Waals surface area contributed by atoms with Gasteiger partial charge in [0.15, 0.2) is 0 Å². The first-order valence-corrected chi connectivity index (χ1v) is 13.0. The molecule has 4 heterocycles. The molecule has 0 atom stereocenters. The maximum Gasteiger partial charge on any atom is 0.290 e. The topological polar surface area (TPSA) is 113 Å². The summed E-state index contributed by atoms with van der Waals surface area (Å²) >= 11 is 7.34. The summed E-state index contributed by atoms with van der Waals surface area (Å²) in [4.78, 5) is 29.9. The van der Waals surface area contributed by atoms with Crippen molar-refractivity contribution in [1.29, 1.82) is 0 Å². The Bertz CT molecular complexity index is 1460. The fraction of sp³-hybridized carbons (Fsp3) is 0.227. The third kappa shape index (κ3) is 4.25. The van der Waals surface area contributed by atoms with Gasteiger partial charge in [0.25, 0.3) is 11.1 Å². The van der Waals surface area contributed by atoms with Crippen LogP contribution in [0.15, 0.2) is 50.9 Å². The summed E-state index contributed by atoms with van der Waals surface area (Å²) in [6.07, 6.45) is 4.68. The van der Waals surface area contributed by atoms with Gasteiger partial charge in [-0.05, 0) is 37.0 Å². The number of carbonyl (C=O) groups is 2. The number of imide groups is 1. The molecule has 1 N–H and O–H groups in total. The molecule has 1 aromatic carbocycles. The van der Waals surface area contributed by atoms with Crippen LogP contribution in [0, 0.1) is 0 Å². The molecular weight excluding hydrogens is 500 g/mol. The molecule has 0 radical (unpaired) electrons. The van der Waals surface area contributed by atoms with Crippen LogP contribution in [-0.4, -0.2) is 67.0 Å². The number of likely N-dealkylation sites (N-methyl/N-ethyl adjacent to an activating group) is 1. The molecule has 3 aromatic rings. The smallest absolute Gasteiger partial charge is 0.290 e. The highest BCUT2D eigenvalue weighted by Crippen LogP contribution is 2.37. The fourth-order valence-electron chi connectivity index (χ4n) is 3.85. The van der Waals surface area contributed by atoms with Crippen molar-refractivity contribution in [1.82, 2.24) is 19.5 Å². The zero-order valence-electron chi connectivity index (χ0n) is 17.9. The van der Waals surface area contributed by atoms with E-state index in [1.54, 1.807) is 24.5 Å². The molecule has 2 amide bonds. The highest BCUT2D eigenvalue weighted by molar-refractivity contribution is 8.18. The second-order valence-corrected chi connectivity index (χ2v) is 11.3. The van der Waals surface area contributed by atoms with Crippen molar-refractivity contribution in [2.24, 2.45) is 0 Å². The molecule has 176 valence electrons. The van der Waals surface area contributed by atoms with Gasteiger partial charge in [-0.15, -0.1) is 0 Å². The number of halogens is 1. The predicted molar refractivity (Wildman–Crippen MR) is 130 cm³/mol. The zero-order chi connectivity index (χ0) is 24.0. The SMILES string of the molecule is CN1CCN(S(=O)(=O)c2ccc(-c3cncc4cc(/C=C5\SC(=O)NC5=O)oc34)c(Cl)c2)CC1. The van der Waals surface area contributed by atoms with Gasteiger partial charge < -0.3 is 9.32 Å². The van der Waals surface area contributed by atoms with Crippen molar-refractivity contribution in [2.45, 2.75) is 4.90 Å². The molecule has 0 bridgehead atoms. The summed E-state index contributed by atoms with van der Waals surface area (Å²) in [6.45, 7) is 2.19. The van der Waals surface area contributed by atoms with Crippen LogP contribution in [0.3, 0.4) is 0 Å². The van der Waals surface area contributed by atoms with Crippen molar-refractivity contribution < 1.29 is 22.4 Å². The fourth-order valence-corrected chi connectivity index (χ4v) is 6.31. The Kier molecular flexibility index (Phi) is 5.98. The predicted octanol–water partition coefficient (Wildman–Crippen LogP) is 3.41. The number of benzene rings is 1. The minimum atomic E-state index is -3.66. The Labute approximate surface area is 204 Å². The Morgan fingerprint density at radius 2 is 1.88 bits per heavy atom. The lowest BCUT2D eigenvalue weighted by atomic mass is 10.1. The normalized spacial score (nSPS) is 19.3. The molecule has 2 aliphatic heterocycles. The summed E-state index contributed by atoms with van der Waals surface area (Å²) in [5.74, 6) is -0.101. The van der Waals surface area contributed by atoms with Crippen molar-refractivity contribution >= 4 is 61.6 Å². The molecule has 0 aliphatic carbocycles. The number of piperazine rings is 1. The van der Waals surface area contributed by atoms with Crippen molar-refractivity contribution in [3.05, 3.63) is 52.3 Å². The average Bonchev–Trinajstić information content (AvgIpc) is 3.35. The average molecular weight is 519 g/mol. The minimum absolute atomic E-state index is 0.129. The van der Waals surface area contributed by atoms with Gasteiger partial charge in [0, 0.05) is 66.2 Å². The van der Waals surface area contributed by atoms with Gasteiger partial charge in [-0.3, -0.25) is 19.9 Å². The highest BCUT2D eigenvalue weighted by atomic mass is 35.5. The number of hydrogen-bond donors (Lipinski definition) is 1. The number of hydrogen-bond acceptors (Lipinski definition) is 8. The van der Waals surface area contributed by atoms with Crippen LogP contribution >= 0.6 is 23.4 Å². The van der Waals surface area contributed by atoms with Crippen molar-refractivity contribution in [3.63, 3.8) is 0 Å². The minimum Gasteiger partial charge on any atom is -0.456 e. The number of furan rings is 1. The van der Waals surface area contributed by atoms with E-state index in [1.165, 1.54) is 22.5 Å². The number of aromatic nitrogens is 1. The van der Waals surface area contributed by atoms with Crippen LogP contribution in [0.5, 0.6) is 0 Å². The van der Waals surface area contributed by atoms with Gasteiger partial charge in [-0.25, -0.2) is 8.42 Å². The first-order valence-electron chi connectivity index (χ1n) is 10.3. The Morgan fingerprint density at radius 1 is 1.12 bits per heavy atom. The number of fused-ring (bicyclic) bond motifs is 1. The van der Waals surface area contributed by atoms with Crippen LogP contribution in [-0.2, 0) is 14.8 Å². The number of nitrogens with zero attached hydrogens (tertiary/aromatic N) is 3. The lowest BCUT2D eigenvalue weighted by Crippen LogP contribution is -2.47. The molecule has 0 spiro atoms. The summed E-state index contributed by atoms with van der Waals surface area (Å²) in [6, 6.07) is 6.32. The first kappa shape index (κ1) is 23.1. The van der Waals surface area contributed by atoms with Gasteiger partial charge in [-0.2, -0.15) is 4.31 Å². The van der Waals surface area contributed by atoms with Gasteiger partial charge in [-0.1, -0.05) is 17.7 Å². The summed E-state index contributed by atoms with van der Waals surface area (Å²) < 4.78 is 33.6.